The summed E-state index contributed by atoms with van der Waals surface area (Å²) >= 11 is 3.07. The minimum atomic E-state index is 0.00298. The number of carbonyl (C=O) groups excluding carboxylic acids is 1. The van der Waals surface area contributed by atoms with Gasteiger partial charge >= 0.3 is 0 Å². The van der Waals surface area contributed by atoms with Gasteiger partial charge in [-0.05, 0) is 30.3 Å². The molecule has 1 aromatic heterocycles. The van der Waals surface area contributed by atoms with Crippen LogP contribution < -0.4 is 4.90 Å². The molecule has 0 aliphatic carbocycles. The van der Waals surface area contributed by atoms with Crippen LogP contribution in [0, 0.1) is 0 Å². The van der Waals surface area contributed by atoms with Crippen molar-refractivity contribution >= 4 is 51.7 Å². The van der Waals surface area contributed by atoms with Crippen LogP contribution in [0.4, 0.5) is 11.4 Å². The zero-order valence-electron chi connectivity index (χ0n) is 18.1. The molecular formula is C28H19N3OS2. The standard InChI is InChI=1S/C28H19N3OS2/c32-26(31-22-14-6-8-16-24(22)34-25-17-9-7-15-23(25)31)18-33-28-29-21-13-5-4-12-20(21)27(30-28)19-10-2-1-3-11-19/h1-17H,18H2. The summed E-state index contributed by atoms with van der Waals surface area (Å²) in [5.74, 6) is 0.239. The summed E-state index contributed by atoms with van der Waals surface area (Å²) in [6.45, 7) is 0. The van der Waals surface area contributed by atoms with Crippen LogP contribution in [0.2, 0.25) is 0 Å². The summed E-state index contributed by atoms with van der Waals surface area (Å²) in [5, 5.41) is 1.60. The van der Waals surface area contributed by atoms with Gasteiger partial charge in [-0.15, -0.1) is 0 Å². The first-order chi connectivity index (χ1) is 16.8. The van der Waals surface area contributed by atoms with E-state index in [1.807, 2.05) is 95.9 Å². The molecule has 0 radical (unpaired) electrons. The fourth-order valence-electron chi connectivity index (χ4n) is 4.10. The molecule has 4 aromatic carbocycles. The Morgan fingerprint density at radius 3 is 2.09 bits per heavy atom. The van der Waals surface area contributed by atoms with Crippen molar-refractivity contribution in [2.24, 2.45) is 0 Å². The summed E-state index contributed by atoms with van der Waals surface area (Å²) < 4.78 is 0. The van der Waals surface area contributed by atoms with Crippen LogP contribution in [-0.4, -0.2) is 21.6 Å². The Morgan fingerprint density at radius 1 is 0.735 bits per heavy atom. The number of benzene rings is 4. The molecule has 0 N–H and O–H groups in total. The molecule has 0 atom stereocenters. The van der Waals surface area contributed by atoms with Gasteiger partial charge in [0.2, 0.25) is 5.91 Å². The number of carbonyl (C=O) groups is 1. The monoisotopic (exact) mass is 477 g/mol. The molecule has 34 heavy (non-hydrogen) atoms. The molecule has 1 amide bonds. The van der Waals surface area contributed by atoms with Crippen molar-refractivity contribution in [3.63, 3.8) is 0 Å². The highest BCUT2D eigenvalue weighted by Gasteiger charge is 2.28. The van der Waals surface area contributed by atoms with E-state index in [1.54, 1.807) is 11.8 Å². The quantitative estimate of drug-likeness (QED) is 0.202. The maximum atomic E-state index is 13.6. The molecule has 1 aliphatic rings. The van der Waals surface area contributed by atoms with Gasteiger partial charge in [0.1, 0.15) is 0 Å². The number of hydrogen-bond acceptors (Lipinski definition) is 5. The van der Waals surface area contributed by atoms with E-state index in [0.717, 1.165) is 43.3 Å². The van der Waals surface area contributed by atoms with E-state index in [-0.39, 0.29) is 11.7 Å². The minimum absolute atomic E-state index is 0.00298. The molecule has 5 aromatic rings. The molecule has 0 unspecified atom stereocenters. The lowest BCUT2D eigenvalue weighted by Crippen LogP contribution is -2.30. The Hall–Kier alpha value is -3.61. The zero-order chi connectivity index (χ0) is 22.9. The number of anilines is 2. The van der Waals surface area contributed by atoms with Gasteiger partial charge in [-0.1, -0.05) is 96.3 Å². The van der Waals surface area contributed by atoms with Crippen molar-refractivity contribution < 1.29 is 4.79 Å². The zero-order valence-corrected chi connectivity index (χ0v) is 19.7. The van der Waals surface area contributed by atoms with Crippen LogP contribution in [0.3, 0.4) is 0 Å². The molecule has 2 heterocycles. The average Bonchev–Trinajstić information content (AvgIpc) is 2.90. The van der Waals surface area contributed by atoms with Gasteiger partial charge in [0, 0.05) is 20.7 Å². The van der Waals surface area contributed by atoms with Gasteiger partial charge in [-0.3, -0.25) is 9.69 Å². The number of fused-ring (bicyclic) bond motifs is 3. The number of thioether (sulfide) groups is 1. The molecule has 6 rings (SSSR count). The summed E-state index contributed by atoms with van der Waals surface area (Å²) in [5.41, 5.74) is 4.62. The second-order valence-electron chi connectivity index (χ2n) is 7.79. The first kappa shape index (κ1) is 21.0. The minimum Gasteiger partial charge on any atom is -0.278 e. The number of para-hydroxylation sites is 3. The van der Waals surface area contributed by atoms with Gasteiger partial charge in [0.25, 0.3) is 0 Å². The van der Waals surface area contributed by atoms with Crippen molar-refractivity contribution in [1.29, 1.82) is 0 Å². The van der Waals surface area contributed by atoms with Crippen LogP contribution in [0.25, 0.3) is 22.2 Å². The number of rotatable bonds is 4. The predicted molar refractivity (Wildman–Crippen MR) is 140 cm³/mol. The molecule has 4 nitrogen and oxygen atoms in total. The van der Waals surface area contributed by atoms with Gasteiger partial charge in [0.15, 0.2) is 5.16 Å². The van der Waals surface area contributed by atoms with Crippen molar-refractivity contribution in [3.8, 4) is 11.3 Å². The third-order valence-electron chi connectivity index (χ3n) is 5.64. The first-order valence-corrected chi connectivity index (χ1v) is 12.7. The summed E-state index contributed by atoms with van der Waals surface area (Å²) in [4.78, 5) is 27.1. The van der Waals surface area contributed by atoms with Crippen LogP contribution in [0.1, 0.15) is 0 Å². The average molecular weight is 478 g/mol. The maximum Gasteiger partial charge on any atom is 0.242 e. The van der Waals surface area contributed by atoms with Crippen molar-refractivity contribution in [1.82, 2.24) is 9.97 Å². The molecule has 0 saturated heterocycles. The number of nitrogens with zero attached hydrogens (tertiary/aromatic N) is 3. The molecular weight excluding hydrogens is 458 g/mol. The fourth-order valence-corrected chi connectivity index (χ4v) is 5.86. The highest BCUT2D eigenvalue weighted by molar-refractivity contribution is 8.00. The highest BCUT2D eigenvalue weighted by atomic mass is 32.2. The van der Waals surface area contributed by atoms with Crippen LogP contribution >= 0.6 is 23.5 Å². The predicted octanol–water partition coefficient (Wildman–Crippen LogP) is 7.22. The molecule has 0 fully saturated rings. The fraction of sp³-hybridized carbons (Fsp3) is 0.0357. The Kier molecular flexibility index (Phi) is 5.53. The van der Waals surface area contributed by atoms with E-state index in [4.69, 9.17) is 9.97 Å². The van der Waals surface area contributed by atoms with Crippen molar-refractivity contribution in [3.05, 3.63) is 103 Å². The third-order valence-corrected chi connectivity index (χ3v) is 7.60. The van der Waals surface area contributed by atoms with Gasteiger partial charge in [-0.2, -0.15) is 0 Å². The van der Waals surface area contributed by atoms with E-state index in [2.05, 4.69) is 12.1 Å². The number of aromatic nitrogens is 2. The van der Waals surface area contributed by atoms with Crippen molar-refractivity contribution in [2.75, 3.05) is 10.7 Å². The molecule has 0 spiro atoms. The van der Waals surface area contributed by atoms with E-state index in [9.17, 15) is 4.79 Å². The SMILES string of the molecule is O=C(CSc1nc(-c2ccccc2)c2ccccc2n1)N1c2ccccc2Sc2ccccc21. The number of hydrogen-bond donors (Lipinski definition) is 0. The second-order valence-corrected chi connectivity index (χ2v) is 9.82. The normalized spacial score (nSPS) is 12.3. The lowest BCUT2D eigenvalue weighted by Gasteiger charge is -2.30. The van der Waals surface area contributed by atoms with Crippen molar-refractivity contribution in [2.45, 2.75) is 14.9 Å². The second kappa shape index (κ2) is 8.97. The summed E-state index contributed by atoms with van der Waals surface area (Å²) in [6.07, 6.45) is 0. The Morgan fingerprint density at radius 2 is 1.35 bits per heavy atom. The Balaban J connectivity index is 1.34. The van der Waals surface area contributed by atoms with E-state index >= 15 is 0 Å². The first-order valence-electron chi connectivity index (χ1n) is 10.9. The lowest BCUT2D eigenvalue weighted by molar-refractivity contribution is -0.115. The molecule has 1 aliphatic heterocycles. The van der Waals surface area contributed by atoms with Crippen LogP contribution in [-0.2, 0) is 4.79 Å². The van der Waals surface area contributed by atoms with E-state index < -0.39 is 0 Å². The van der Waals surface area contributed by atoms with Crippen LogP contribution in [0.5, 0.6) is 0 Å². The van der Waals surface area contributed by atoms with E-state index in [1.165, 1.54) is 11.8 Å². The molecule has 164 valence electrons. The molecule has 0 bridgehead atoms. The summed E-state index contributed by atoms with van der Waals surface area (Å²) in [6, 6.07) is 34.2. The van der Waals surface area contributed by atoms with Gasteiger partial charge < -0.3 is 0 Å². The lowest BCUT2D eigenvalue weighted by atomic mass is 10.1. The largest absolute Gasteiger partial charge is 0.278 e. The molecule has 0 saturated carbocycles. The summed E-state index contributed by atoms with van der Waals surface area (Å²) in [7, 11) is 0. The van der Waals surface area contributed by atoms with E-state index in [0.29, 0.717) is 5.16 Å². The molecule has 6 heteroatoms. The maximum absolute atomic E-state index is 13.6. The Labute approximate surface area is 206 Å². The van der Waals surface area contributed by atoms with Gasteiger partial charge in [-0.25, -0.2) is 9.97 Å². The van der Waals surface area contributed by atoms with Gasteiger partial charge in [0.05, 0.1) is 28.3 Å². The smallest absolute Gasteiger partial charge is 0.242 e. The number of amides is 1. The highest BCUT2D eigenvalue weighted by Crippen LogP contribution is 2.48. The topological polar surface area (TPSA) is 46.1 Å². The third kappa shape index (κ3) is 3.85. The van der Waals surface area contributed by atoms with Crippen LogP contribution in [0.15, 0.2) is 118 Å². The Bertz CT molecular complexity index is 1480.